The first-order valence-electron chi connectivity index (χ1n) is 18.6. The number of aliphatic hydroxyl groups excluding tert-OH is 9. The highest BCUT2D eigenvalue weighted by atomic mass is 16.5. The van der Waals surface area contributed by atoms with Crippen LogP contribution in [0, 0.1) is 11.8 Å². The fraction of sp³-hybridized carbons (Fsp3) is 0.700. The first kappa shape index (κ1) is 47.5. The van der Waals surface area contributed by atoms with Gasteiger partial charge in [-0.1, -0.05) is 75.5 Å². The molecule has 11 unspecified atom stereocenters. The van der Waals surface area contributed by atoms with E-state index in [0.29, 0.717) is 18.4 Å². The molecule has 12 nitrogen and oxygen atoms in total. The van der Waals surface area contributed by atoms with Crippen molar-refractivity contribution in [3.05, 3.63) is 60.3 Å². The Balaban J connectivity index is 2.95. The van der Waals surface area contributed by atoms with Gasteiger partial charge in [-0.05, 0) is 83.0 Å². The van der Waals surface area contributed by atoms with Crippen LogP contribution in [0.4, 0.5) is 0 Å². The minimum atomic E-state index is -1.22. The van der Waals surface area contributed by atoms with Crippen molar-refractivity contribution in [2.24, 2.45) is 11.8 Å². The summed E-state index contributed by atoms with van der Waals surface area (Å²) >= 11 is 0. The second-order valence-corrected chi connectivity index (χ2v) is 14.8. The Labute approximate surface area is 309 Å². The van der Waals surface area contributed by atoms with E-state index in [1.807, 2.05) is 20.8 Å². The van der Waals surface area contributed by atoms with E-state index >= 15 is 0 Å². The topological polar surface area (TPSA) is 225 Å². The van der Waals surface area contributed by atoms with E-state index in [4.69, 9.17) is 4.74 Å². The number of carbonyl (C=O) groups excluding carboxylic acids is 2. The first-order valence-corrected chi connectivity index (χ1v) is 18.6. The number of esters is 1. The molecule has 1 aliphatic heterocycles. The van der Waals surface area contributed by atoms with E-state index in [1.165, 1.54) is 0 Å². The van der Waals surface area contributed by atoms with Gasteiger partial charge in [-0.3, -0.25) is 4.79 Å². The van der Waals surface area contributed by atoms with E-state index in [2.05, 4.69) is 0 Å². The maximum atomic E-state index is 12.8. The molecule has 298 valence electrons. The molecular weight excluding hydrogens is 672 g/mol. The lowest BCUT2D eigenvalue weighted by Gasteiger charge is -2.28. The van der Waals surface area contributed by atoms with Gasteiger partial charge in [0.2, 0.25) is 0 Å². The monoisotopic (exact) mass is 738 g/mol. The van der Waals surface area contributed by atoms with Gasteiger partial charge in [-0.15, -0.1) is 0 Å². The van der Waals surface area contributed by atoms with Crippen LogP contribution in [0.15, 0.2) is 60.3 Å². The maximum absolute atomic E-state index is 12.8. The van der Waals surface area contributed by atoms with Gasteiger partial charge in [0.15, 0.2) is 0 Å². The summed E-state index contributed by atoms with van der Waals surface area (Å²) in [5.74, 6) is -0.939. The number of cyclic esters (lactones) is 1. The van der Waals surface area contributed by atoms with Crippen molar-refractivity contribution >= 4 is 11.8 Å². The van der Waals surface area contributed by atoms with Crippen LogP contribution in [0.5, 0.6) is 0 Å². The van der Waals surface area contributed by atoms with Gasteiger partial charge in [-0.2, -0.15) is 0 Å². The Kier molecular flexibility index (Phi) is 24.0. The van der Waals surface area contributed by atoms with Crippen molar-refractivity contribution < 1.29 is 60.3 Å². The summed E-state index contributed by atoms with van der Waals surface area (Å²) in [5.41, 5.74) is 0.425. The highest BCUT2D eigenvalue weighted by Crippen LogP contribution is 2.25. The molecule has 1 heterocycles. The smallest absolute Gasteiger partial charge is 0.334 e. The molecule has 0 aromatic rings. The number of allylic oxidation sites excluding steroid dienone is 8. The molecule has 0 bridgehead atoms. The van der Waals surface area contributed by atoms with E-state index in [1.54, 1.807) is 61.6 Å². The summed E-state index contributed by atoms with van der Waals surface area (Å²) in [6, 6.07) is 0. The Hall–Kier alpha value is -2.52. The van der Waals surface area contributed by atoms with Crippen LogP contribution in [0.2, 0.25) is 0 Å². The molecule has 52 heavy (non-hydrogen) atoms. The Morgan fingerprint density at radius 2 is 0.962 bits per heavy atom. The second-order valence-electron chi connectivity index (χ2n) is 14.8. The summed E-state index contributed by atoms with van der Waals surface area (Å²) < 4.78 is 5.83. The lowest BCUT2D eigenvalue weighted by atomic mass is 9.89. The maximum Gasteiger partial charge on any atom is 0.334 e. The second kappa shape index (κ2) is 26.3. The van der Waals surface area contributed by atoms with Crippen LogP contribution in [-0.4, -0.2) is 119 Å². The summed E-state index contributed by atoms with van der Waals surface area (Å²) in [6.45, 7) is 7.53. The molecule has 0 amide bonds. The zero-order valence-corrected chi connectivity index (χ0v) is 31.4. The van der Waals surface area contributed by atoms with Crippen LogP contribution in [0.1, 0.15) is 105 Å². The number of hydrogen-bond donors (Lipinski definition) is 9. The standard InChI is InChI=1S/C40H66O12/c1-26(2)39-27(3)15-16-30(42)18-32(44)20-34(46)22-36(48)24-38(50)25-37(49)23-35(47)21-33(45)19-31(43)17-29(41)14-12-10-8-6-5-7-9-11-13-28(4)40(51)52-39/h5-13,26-27,29-32,34-39,41-44,46-50H,14-25H2,1-4H3. The minimum absolute atomic E-state index is 0.00167. The number of rotatable bonds is 1. The zero-order valence-electron chi connectivity index (χ0n) is 31.4. The summed E-state index contributed by atoms with van der Waals surface area (Å²) in [4.78, 5) is 25.2. The van der Waals surface area contributed by atoms with Gasteiger partial charge < -0.3 is 50.7 Å². The normalized spacial score (nSPS) is 34.9. The van der Waals surface area contributed by atoms with Crippen molar-refractivity contribution in [2.75, 3.05) is 0 Å². The third-order valence-corrected chi connectivity index (χ3v) is 9.03. The predicted octanol–water partition coefficient (Wildman–Crippen LogP) is 2.87. The molecule has 12 heteroatoms. The quantitative estimate of drug-likeness (QED) is 0.177. The molecule has 1 rings (SSSR count). The van der Waals surface area contributed by atoms with Gasteiger partial charge in [-0.25, -0.2) is 4.79 Å². The van der Waals surface area contributed by atoms with Crippen molar-refractivity contribution in [2.45, 2.75) is 166 Å². The third-order valence-electron chi connectivity index (χ3n) is 9.03. The number of ketones is 1. The fourth-order valence-corrected chi connectivity index (χ4v) is 6.32. The van der Waals surface area contributed by atoms with E-state index in [0.717, 1.165) is 0 Å². The number of carbonyl (C=O) groups is 2. The predicted molar refractivity (Wildman–Crippen MR) is 199 cm³/mol. The number of aliphatic hydroxyl groups is 9. The number of Topliss-reactive ketones (excluding diaryl/α,β-unsaturated/α-hetero) is 1. The lowest BCUT2D eigenvalue weighted by molar-refractivity contribution is -0.149. The van der Waals surface area contributed by atoms with Gasteiger partial charge in [0.1, 0.15) is 11.9 Å². The van der Waals surface area contributed by atoms with Gasteiger partial charge in [0.05, 0.1) is 54.9 Å². The van der Waals surface area contributed by atoms with Crippen LogP contribution < -0.4 is 0 Å². The van der Waals surface area contributed by atoms with Crippen molar-refractivity contribution in [1.29, 1.82) is 0 Å². The third kappa shape index (κ3) is 22.5. The minimum Gasteiger partial charge on any atom is -0.458 e. The molecule has 1 aliphatic rings. The van der Waals surface area contributed by atoms with Crippen LogP contribution in [-0.2, 0) is 14.3 Å². The fourth-order valence-electron chi connectivity index (χ4n) is 6.32. The SMILES string of the molecule is CC1=CC=CC=CC=CC=CCC(O)CC(O)CC(=O)CC(O)CC(O)CC(O)CC(O)CC(O)CC(O)CC(O)CCC(C)C(C(C)C)OC1=O. The first-order chi connectivity index (χ1) is 24.5. The molecule has 9 N–H and O–H groups in total. The van der Waals surface area contributed by atoms with Crippen molar-refractivity contribution in [1.82, 2.24) is 0 Å². The highest BCUT2D eigenvalue weighted by molar-refractivity contribution is 5.88. The molecule has 0 radical (unpaired) electrons. The van der Waals surface area contributed by atoms with Gasteiger partial charge in [0.25, 0.3) is 0 Å². The molecule has 0 saturated carbocycles. The van der Waals surface area contributed by atoms with Crippen molar-refractivity contribution in [3.8, 4) is 0 Å². The summed E-state index contributed by atoms with van der Waals surface area (Å²) in [5, 5.41) is 93.3. The van der Waals surface area contributed by atoms with E-state index in [9.17, 15) is 55.5 Å². The van der Waals surface area contributed by atoms with Crippen LogP contribution in [0.3, 0.4) is 0 Å². The largest absolute Gasteiger partial charge is 0.458 e. The van der Waals surface area contributed by atoms with Gasteiger partial charge >= 0.3 is 5.97 Å². The number of hydrogen-bond acceptors (Lipinski definition) is 12. The molecule has 11 atom stereocenters. The van der Waals surface area contributed by atoms with Gasteiger partial charge in [0, 0.05) is 18.4 Å². The van der Waals surface area contributed by atoms with Crippen LogP contribution in [0.25, 0.3) is 0 Å². The Morgan fingerprint density at radius 1 is 0.558 bits per heavy atom. The average Bonchev–Trinajstić information content (AvgIpc) is 3.01. The van der Waals surface area contributed by atoms with E-state index < -0.39 is 72.8 Å². The van der Waals surface area contributed by atoms with E-state index in [-0.39, 0.29) is 76.0 Å². The Morgan fingerprint density at radius 3 is 1.44 bits per heavy atom. The van der Waals surface area contributed by atoms with Crippen molar-refractivity contribution in [3.63, 3.8) is 0 Å². The lowest BCUT2D eigenvalue weighted by Crippen LogP contribution is -2.32. The molecule has 0 fully saturated rings. The zero-order chi connectivity index (χ0) is 39.2. The molecule has 0 aliphatic carbocycles. The summed E-state index contributed by atoms with van der Waals surface area (Å²) in [6.07, 6.45) is 5.24. The molecule has 0 aromatic carbocycles. The molecule has 0 spiro atoms. The Bertz CT molecular complexity index is 1160. The highest BCUT2D eigenvalue weighted by Gasteiger charge is 2.27. The van der Waals surface area contributed by atoms with Crippen LogP contribution >= 0.6 is 0 Å². The molecule has 0 aromatic heterocycles. The number of ether oxygens (including phenoxy) is 1. The average molecular weight is 739 g/mol. The summed E-state index contributed by atoms with van der Waals surface area (Å²) in [7, 11) is 0. The molecular formula is C40H66O12. The molecule has 0 saturated heterocycles.